The standard InChI is InChI=1S/C17H22N2O2/c1-3-18-15-8-10-19-16(12-15)13-21-17-6-4-14(5-7-17)9-11-20-2/h4-8,10,12H,3,9,11,13H2,1-2H3,(H,18,19). The smallest absolute Gasteiger partial charge is 0.130 e. The Morgan fingerprint density at radius 3 is 2.67 bits per heavy atom. The molecule has 0 aliphatic heterocycles. The van der Waals surface area contributed by atoms with Crippen molar-refractivity contribution in [1.82, 2.24) is 4.98 Å². The van der Waals surface area contributed by atoms with Gasteiger partial charge in [0.15, 0.2) is 0 Å². The highest BCUT2D eigenvalue weighted by molar-refractivity contribution is 5.42. The Bertz CT molecular complexity index is 541. The zero-order chi connectivity index (χ0) is 14.9. The number of nitrogens with one attached hydrogen (secondary N) is 1. The summed E-state index contributed by atoms with van der Waals surface area (Å²) in [5.74, 6) is 0.854. The lowest BCUT2D eigenvalue weighted by molar-refractivity contribution is 0.202. The van der Waals surface area contributed by atoms with Gasteiger partial charge in [-0.15, -0.1) is 0 Å². The van der Waals surface area contributed by atoms with Crippen LogP contribution in [-0.2, 0) is 17.8 Å². The first-order valence-corrected chi connectivity index (χ1v) is 7.21. The lowest BCUT2D eigenvalue weighted by atomic mass is 10.1. The zero-order valence-corrected chi connectivity index (χ0v) is 12.6. The lowest BCUT2D eigenvalue weighted by Gasteiger charge is -2.08. The Hall–Kier alpha value is -2.07. The fraction of sp³-hybridized carbons (Fsp3) is 0.353. The number of hydrogen-bond acceptors (Lipinski definition) is 4. The van der Waals surface area contributed by atoms with Gasteiger partial charge in [-0.05, 0) is 43.2 Å². The third kappa shape index (κ3) is 5.08. The summed E-state index contributed by atoms with van der Waals surface area (Å²) in [6, 6.07) is 12.1. The molecule has 4 nitrogen and oxygen atoms in total. The molecule has 0 unspecified atom stereocenters. The van der Waals surface area contributed by atoms with E-state index in [9.17, 15) is 0 Å². The topological polar surface area (TPSA) is 43.4 Å². The molecule has 0 saturated carbocycles. The monoisotopic (exact) mass is 286 g/mol. The van der Waals surface area contributed by atoms with E-state index in [-0.39, 0.29) is 0 Å². The van der Waals surface area contributed by atoms with Gasteiger partial charge in [-0.2, -0.15) is 0 Å². The van der Waals surface area contributed by atoms with Gasteiger partial charge in [0.25, 0.3) is 0 Å². The molecule has 1 aromatic heterocycles. The van der Waals surface area contributed by atoms with Crippen LogP contribution in [0.25, 0.3) is 0 Å². The SMILES string of the molecule is CCNc1ccnc(COc2ccc(CCOC)cc2)c1. The molecule has 1 heterocycles. The van der Waals surface area contributed by atoms with Crippen LogP contribution in [0.3, 0.4) is 0 Å². The van der Waals surface area contributed by atoms with Crippen LogP contribution in [0.1, 0.15) is 18.2 Å². The molecule has 2 rings (SSSR count). The molecular formula is C17H22N2O2. The van der Waals surface area contributed by atoms with E-state index in [1.165, 1.54) is 5.56 Å². The maximum absolute atomic E-state index is 5.76. The molecule has 1 N–H and O–H groups in total. The average molecular weight is 286 g/mol. The molecule has 0 aliphatic carbocycles. The molecule has 0 atom stereocenters. The molecule has 0 bridgehead atoms. The maximum atomic E-state index is 5.76. The van der Waals surface area contributed by atoms with Gasteiger partial charge in [0.2, 0.25) is 0 Å². The highest BCUT2D eigenvalue weighted by Crippen LogP contribution is 2.15. The normalized spacial score (nSPS) is 10.4. The number of methoxy groups -OCH3 is 1. The minimum atomic E-state index is 0.469. The third-order valence-electron chi connectivity index (χ3n) is 3.10. The summed E-state index contributed by atoms with van der Waals surface area (Å²) in [4.78, 5) is 4.31. The molecule has 1 aromatic carbocycles. The number of hydrogen-bond donors (Lipinski definition) is 1. The van der Waals surface area contributed by atoms with E-state index in [1.54, 1.807) is 13.3 Å². The van der Waals surface area contributed by atoms with Gasteiger partial charge in [0, 0.05) is 25.5 Å². The van der Waals surface area contributed by atoms with Gasteiger partial charge in [-0.3, -0.25) is 4.98 Å². The summed E-state index contributed by atoms with van der Waals surface area (Å²) >= 11 is 0. The zero-order valence-electron chi connectivity index (χ0n) is 12.6. The predicted octanol–water partition coefficient (Wildman–Crippen LogP) is 3.28. The highest BCUT2D eigenvalue weighted by Gasteiger charge is 2.00. The summed E-state index contributed by atoms with van der Waals surface area (Å²) in [6.07, 6.45) is 2.72. The van der Waals surface area contributed by atoms with E-state index in [0.717, 1.165) is 36.7 Å². The van der Waals surface area contributed by atoms with Crippen molar-refractivity contribution in [3.8, 4) is 5.75 Å². The molecule has 112 valence electrons. The number of aromatic nitrogens is 1. The second-order valence-corrected chi connectivity index (χ2v) is 4.74. The van der Waals surface area contributed by atoms with Crippen molar-refractivity contribution >= 4 is 5.69 Å². The Balaban J connectivity index is 1.88. The predicted molar refractivity (Wildman–Crippen MR) is 84.8 cm³/mol. The number of nitrogens with zero attached hydrogens (tertiary/aromatic N) is 1. The van der Waals surface area contributed by atoms with Crippen LogP contribution in [0.2, 0.25) is 0 Å². The van der Waals surface area contributed by atoms with Crippen molar-refractivity contribution in [2.75, 3.05) is 25.6 Å². The van der Waals surface area contributed by atoms with Crippen LogP contribution >= 0.6 is 0 Å². The average Bonchev–Trinajstić information content (AvgIpc) is 2.53. The molecule has 0 radical (unpaired) electrons. The van der Waals surface area contributed by atoms with E-state index in [1.807, 2.05) is 24.3 Å². The number of anilines is 1. The Labute approximate surface area is 126 Å². The highest BCUT2D eigenvalue weighted by atomic mass is 16.5. The summed E-state index contributed by atoms with van der Waals surface area (Å²) in [5.41, 5.74) is 3.23. The Kier molecular flexibility index (Phi) is 6.03. The second-order valence-electron chi connectivity index (χ2n) is 4.74. The summed E-state index contributed by atoms with van der Waals surface area (Å²) < 4.78 is 10.8. The first-order chi connectivity index (χ1) is 10.3. The molecule has 0 fully saturated rings. The van der Waals surface area contributed by atoms with Gasteiger partial charge in [0.05, 0.1) is 12.3 Å². The Morgan fingerprint density at radius 2 is 1.95 bits per heavy atom. The van der Waals surface area contributed by atoms with Crippen molar-refractivity contribution in [1.29, 1.82) is 0 Å². The molecule has 0 saturated heterocycles. The van der Waals surface area contributed by atoms with E-state index in [0.29, 0.717) is 6.61 Å². The van der Waals surface area contributed by atoms with E-state index in [4.69, 9.17) is 9.47 Å². The van der Waals surface area contributed by atoms with Gasteiger partial charge < -0.3 is 14.8 Å². The minimum Gasteiger partial charge on any atom is -0.487 e. The molecule has 0 spiro atoms. The third-order valence-corrected chi connectivity index (χ3v) is 3.10. The van der Waals surface area contributed by atoms with Crippen molar-refractivity contribution in [3.63, 3.8) is 0 Å². The molecular weight excluding hydrogens is 264 g/mol. The van der Waals surface area contributed by atoms with Crippen molar-refractivity contribution in [3.05, 3.63) is 53.9 Å². The van der Waals surface area contributed by atoms with E-state index >= 15 is 0 Å². The van der Waals surface area contributed by atoms with Crippen LogP contribution in [0, 0.1) is 0 Å². The van der Waals surface area contributed by atoms with Crippen LogP contribution in [0.5, 0.6) is 5.75 Å². The van der Waals surface area contributed by atoms with Gasteiger partial charge in [-0.1, -0.05) is 12.1 Å². The first-order valence-electron chi connectivity index (χ1n) is 7.21. The molecule has 0 aliphatic rings. The quantitative estimate of drug-likeness (QED) is 0.808. The second kappa shape index (κ2) is 8.27. The van der Waals surface area contributed by atoms with Crippen molar-refractivity contribution in [2.45, 2.75) is 20.0 Å². The molecule has 0 amide bonds. The summed E-state index contributed by atoms with van der Waals surface area (Å²) in [5, 5.41) is 3.27. The fourth-order valence-corrected chi connectivity index (χ4v) is 2.00. The van der Waals surface area contributed by atoms with Crippen molar-refractivity contribution in [2.24, 2.45) is 0 Å². The van der Waals surface area contributed by atoms with Crippen molar-refractivity contribution < 1.29 is 9.47 Å². The Morgan fingerprint density at radius 1 is 1.14 bits per heavy atom. The van der Waals surface area contributed by atoms with Gasteiger partial charge in [0.1, 0.15) is 12.4 Å². The number of ether oxygens (including phenoxy) is 2. The number of pyridine rings is 1. The molecule has 2 aromatic rings. The first kappa shape index (κ1) is 15.3. The fourth-order valence-electron chi connectivity index (χ4n) is 2.00. The van der Waals surface area contributed by atoms with Crippen LogP contribution in [0.15, 0.2) is 42.6 Å². The largest absolute Gasteiger partial charge is 0.487 e. The lowest BCUT2D eigenvalue weighted by Crippen LogP contribution is -2.01. The summed E-state index contributed by atoms with van der Waals surface area (Å²) in [6.45, 7) is 4.17. The molecule has 21 heavy (non-hydrogen) atoms. The van der Waals surface area contributed by atoms with Crippen LogP contribution in [-0.4, -0.2) is 25.2 Å². The summed E-state index contributed by atoms with van der Waals surface area (Å²) in [7, 11) is 1.71. The van der Waals surface area contributed by atoms with E-state index in [2.05, 4.69) is 29.4 Å². The van der Waals surface area contributed by atoms with Gasteiger partial charge in [-0.25, -0.2) is 0 Å². The maximum Gasteiger partial charge on any atom is 0.130 e. The number of benzene rings is 1. The van der Waals surface area contributed by atoms with E-state index < -0.39 is 0 Å². The number of rotatable bonds is 8. The molecule has 4 heteroatoms. The van der Waals surface area contributed by atoms with Crippen LogP contribution < -0.4 is 10.1 Å². The van der Waals surface area contributed by atoms with Gasteiger partial charge >= 0.3 is 0 Å². The van der Waals surface area contributed by atoms with Crippen LogP contribution in [0.4, 0.5) is 5.69 Å². The minimum absolute atomic E-state index is 0.469.